The van der Waals surface area contributed by atoms with Crippen molar-refractivity contribution in [3.8, 4) is 0 Å². The molecule has 7 nitrogen and oxygen atoms in total. The van der Waals surface area contributed by atoms with Crippen LogP contribution < -0.4 is 0 Å². The first-order valence-corrected chi connectivity index (χ1v) is 5.59. The van der Waals surface area contributed by atoms with Gasteiger partial charge in [-0.05, 0) is 6.92 Å². The molecule has 2 atom stereocenters. The van der Waals surface area contributed by atoms with Crippen molar-refractivity contribution in [1.29, 1.82) is 0 Å². The number of hydrogen-bond donors (Lipinski definition) is 2. The number of ketones is 1. The van der Waals surface area contributed by atoms with Crippen LogP contribution in [0.3, 0.4) is 0 Å². The second kappa shape index (κ2) is 6.13. The Morgan fingerprint density at radius 1 is 1.40 bits per heavy atom. The topological polar surface area (TPSA) is 110 Å². The number of Topliss-reactive ketones (excluding diaryl/α,β-unsaturated/α-hetero) is 1. The third-order valence-corrected chi connectivity index (χ3v) is 2.38. The molecule has 0 aromatic carbocycles. The summed E-state index contributed by atoms with van der Waals surface area (Å²) in [5.41, 5.74) is -2.46. The summed E-state index contributed by atoms with van der Waals surface area (Å²) in [7, 11) is -3.35. The molecule has 0 spiro atoms. The molecular formula is C7H14O7S. The van der Waals surface area contributed by atoms with Gasteiger partial charge >= 0.3 is 0 Å². The van der Waals surface area contributed by atoms with Gasteiger partial charge in [0.25, 0.3) is 10.1 Å². The van der Waals surface area contributed by atoms with Crippen molar-refractivity contribution >= 4 is 15.9 Å². The largest absolute Gasteiger partial charge is 0.382 e. The fourth-order valence-corrected chi connectivity index (χ4v) is 1.22. The second-order valence-corrected chi connectivity index (χ2v) is 4.25. The fraction of sp³-hybridized carbons (Fsp3) is 0.857. The summed E-state index contributed by atoms with van der Waals surface area (Å²) in [6.45, 7) is 1.59. The molecule has 0 amide bonds. The van der Waals surface area contributed by atoms with Gasteiger partial charge in [0, 0.05) is 7.11 Å². The number of ether oxygens (including phenoxy) is 2. The maximum absolute atomic E-state index is 11.1. The third kappa shape index (κ3) is 5.19. The lowest BCUT2D eigenvalue weighted by molar-refractivity contribution is -0.135. The first kappa shape index (κ1) is 14.5. The highest BCUT2D eigenvalue weighted by Gasteiger charge is 2.32. The molecule has 0 aromatic heterocycles. The van der Waals surface area contributed by atoms with Crippen LogP contribution in [-0.4, -0.2) is 55.7 Å². The molecule has 0 heterocycles. The molecule has 90 valence electrons. The highest BCUT2D eigenvalue weighted by molar-refractivity contribution is 7.87. The number of rotatable bonds is 7. The molecule has 0 fully saturated rings. The van der Waals surface area contributed by atoms with Gasteiger partial charge in [-0.3, -0.25) is 9.35 Å². The van der Waals surface area contributed by atoms with Crippen molar-refractivity contribution in [1.82, 2.24) is 0 Å². The maximum atomic E-state index is 11.1. The van der Waals surface area contributed by atoms with E-state index in [-0.39, 0.29) is 13.2 Å². The molecule has 2 N–H and O–H groups in total. The van der Waals surface area contributed by atoms with E-state index in [1.807, 2.05) is 0 Å². The van der Waals surface area contributed by atoms with Crippen LogP contribution in [0.2, 0.25) is 0 Å². The minimum absolute atomic E-state index is 0.0849. The Balaban J connectivity index is 4.21. The molecule has 0 aromatic rings. The Morgan fingerprint density at radius 2 is 1.93 bits per heavy atom. The van der Waals surface area contributed by atoms with Crippen molar-refractivity contribution < 1.29 is 32.3 Å². The van der Waals surface area contributed by atoms with Crippen LogP contribution in [-0.2, 0) is 24.4 Å². The minimum Gasteiger partial charge on any atom is -0.382 e. The molecule has 0 saturated carbocycles. The monoisotopic (exact) mass is 242 g/mol. The van der Waals surface area contributed by atoms with E-state index in [2.05, 4.69) is 4.74 Å². The van der Waals surface area contributed by atoms with E-state index in [9.17, 15) is 13.2 Å². The van der Waals surface area contributed by atoms with Gasteiger partial charge in [-0.15, -0.1) is 0 Å². The fourth-order valence-electron chi connectivity index (χ4n) is 0.738. The lowest BCUT2D eigenvalue weighted by Crippen LogP contribution is -2.37. The maximum Gasteiger partial charge on any atom is 0.299 e. The number of methoxy groups -OCH3 is 1. The smallest absolute Gasteiger partial charge is 0.299 e. The highest BCUT2D eigenvalue weighted by atomic mass is 32.2. The first-order chi connectivity index (χ1) is 6.80. The Hall–Kier alpha value is -0.540. The Kier molecular flexibility index (Phi) is 5.91. The molecule has 0 saturated heterocycles. The zero-order valence-electron chi connectivity index (χ0n) is 8.41. The Morgan fingerprint density at radius 3 is 2.33 bits per heavy atom. The molecular weight excluding hydrogens is 228 g/mol. The lowest BCUT2D eigenvalue weighted by Gasteiger charge is -2.13. The van der Waals surface area contributed by atoms with E-state index in [0.717, 1.165) is 0 Å². The molecule has 0 unspecified atom stereocenters. The number of carbonyl (C=O) groups is 1. The SMILES string of the molecule is COCCO[C@@H](C)C(=O)[C@H](O)S(=O)(=O)O. The van der Waals surface area contributed by atoms with Gasteiger partial charge in [0.15, 0.2) is 0 Å². The second-order valence-electron chi connectivity index (χ2n) is 2.78. The quantitative estimate of drug-likeness (QED) is 0.426. The van der Waals surface area contributed by atoms with Crippen molar-refractivity contribution in [2.24, 2.45) is 0 Å². The summed E-state index contributed by atoms with van der Waals surface area (Å²) in [5.74, 6) is -1.12. The van der Waals surface area contributed by atoms with Gasteiger partial charge in [0.2, 0.25) is 11.2 Å². The molecule has 15 heavy (non-hydrogen) atoms. The first-order valence-electron chi connectivity index (χ1n) is 4.09. The molecule has 0 rings (SSSR count). The minimum atomic E-state index is -4.78. The van der Waals surface area contributed by atoms with Crippen LogP contribution in [0.5, 0.6) is 0 Å². The highest BCUT2D eigenvalue weighted by Crippen LogP contribution is 2.03. The summed E-state index contributed by atoms with van der Waals surface area (Å²) in [6, 6.07) is 0. The van der Waals surface area contributed by atoms with E-state index in [1.165, 1.54) is 14.0 Å². The van der Waals surface area contributed by atoms with Crippen LogP contribution in [0.15, 0.2) is 0 Å². The van der Waals surface area contributed by atoms with Gasteiger partial charge in [-0.2, -0.15) is 8.42 Å². The van der Waals surface area contributed by atoms with E-state index < -0.39 is 27.4 Å². The van der Waals surface area contributed by atoms with Gasteiger partial charge in [0.05, 0.1) is 13.2 Å². The zero-order valence-corrected chi connectivity index (χ0v) is 9.23. The lowest BCUT2D eigenvalue weighted by atomic mass is 10.3. The predicted octanol–water partition coefficient (Wildman–Crippen LogP) is -1.19. The number of aliphatic hydroxyl groups excluding tert-OH is 1. The summed E-state index contributed by atoms with van der Waals surface area (Å²) < 4.78 is 38.7. The van der Waals surface area contributed by atoms with E-state index in [4.69, 9.17) is 14.4 Å². The molecule has 8 heteroatoms. The van der Waals surface area contributed by atoms with Crippen molar-refractivity contribution in [3.05, 3.63) is 0 Å². The van der Waals surface area contributed by atoms with Gasteiger partial charge in [-0.25, -0.2) is 0 Å². The Labute approximate surface area is 87.7 Å². The van der Waals surface area contributed by atoms with Crippen molar-refractivity contribution in [2.45, 2.75) is 18.5 Å². The van der Waals surface area contributed by atoms with Crippen molar-refractivity contribution in [3.63, 3.8) is 0 Å². The average Bonchev–Trinajstić information content (AvgIpc) is 2.14. The van der Waals surface area contributed by atoms with Gasteiger partial charge in [-0.1, -0.05) is 0 Å². The van der Waals surface area contributed by atoms with E-state index >= 15 is 0 Å². The van der Waals surface area contributed by atoms with E-state index in [1.54, 1.807) is 0 Å². The van der Waals surface area contributed by atoms with Gasteiger partial charge in [0.1, 0.15) is 6.10 Å². The van der Waals surface area contributed by atoms with E-state index in [0.29, 0.717) is 0 Å². The number of aliphatic hydroxyl groups is 1. The molecule has 0 aliphatic rings. The molecule has 0 aliphatic carbocycles. The Bertz CT molecular complexity index is 296. The number of hydrogen-bond acceptors (Lipinski definition) is 6. The summed E-state index contributed by atoms with van der Waals surface area (Å²) in [5, 5.41) is 8.88. The zero-order chi connectivity index (χ0) is 12.1. The normalized spacial score (nSPS) is 16.0. The van der Waals surface area contributed by atoms with Gasteiger partial charge < -0.3 is 14.6 Å². The standard InChI is InChI=1S/C7H14O7S/c1-5(14-4-3-13-2)6(8)7(9)15(10,11)12/h5,7,9H,3-4H2,1-2H3,(H,10,11,12)/t5-,7+/m0/s1. The van der Waals surface area contributed by atoms with Crippen molar-refractivity contribution in [2.75, 3.05) is 20.3 Å². The summed E-state index contributed by atoms with van der Waals surface area (Å²) in [4.78, 5) is 11.1. The van der Waals surface area contributed by atoms with Crippen LogP contribution in [0, 0.1) is 0 Å². The van der Waals surface area contributed by atoms with Crippen LogP contribution in [0.25, 0.3) is 0 Å². The summed E-state index contributed by atoms with van der Waals surface area (Å²) in [6.07, 6.45) is -1.13. The molecule has 0 radical (unpaired) electrons. The van der Waals surface area contributed by atoms with Crippen LogP contribution in [0.1, 0.15) is 6.92 Å². The molecule has 0 aliphatic heterocycles. The summed E-state index contributed by atoms with van der Waals surface area (Å²) >= 11 is 0. The van der Waals surface area contributed by atoms with Crippen LogP contribution >= 0.6 is 0 Å². The average molecular weight is 242 g/mol. The predicted molar refractivity (Wildman–Crippen MR) is 49.9 cm³/mol. The molecule has 0 bridgehead atoms. The third-order valence-electron chi connectivity index (χ3n) is 1.58. The number of carbonyl (C=O) groups excluding carboxylic acids is 1. The van der Waals surface area contributed by atoms with Crippen LogP contribution in [0.4, 0.5) is 0 Å².